The van der Waals surface area contributed by atoms with Gasteiger partial charge in [-0.05, 0) is 105 Å². The summed E-state index contributed by atoms with van der Waals surface area (Å²) < 4.78 is 12.8. The Labute approximate surface area is 202 Å². The van der Waals surface area contributed by atoms with Crippen molar-refractivity contribution in [2.45, 2.75) is 109 Å². The molecule has 0 spiro atoms. The number of hydrogen-bond acceptors (Lipinski definition) is 1. The molecule has 2 aliphatic rings. The van der Waals surface area contributed by atoms with Gasteiger partial charge in [-0.2, -0.15) is 9.65 Å². The third-order valence-corrected chi connectivity index (χ3v) is 8.22. The highest BCUT2D eigenvalue weighted by Crippen LogP contribution is 2.38. The normalized spacial score (nSPS) is 26.4. The molecular weight excluding hydrogens is 405 g/mol. The second-order valence-electron chi connectivity index (χ2n) is 10.6. The van der Waals surface area contributed by atoms with Crippen LogP contribution in [0.3, 0.4) is 0 Å². The van der Waals surface area contributed by atoms with E-state index >= 15 is 0 Å². The molecule has 0 saturated heterocycles. The van der Waals surface area contributed by atoms with E-state index in [4.69, 9.17) is 5.26 Å². The van der Waals surface area contributed by atoms with Gasteiger partial charge < -0.3 is 0 Å². The van der Waals surface area contributed by atoms with E-state index in [1.165, 1.54) is 114 Å². The summed E-state index contributed by atoms with van der Waals surface area (Å²) in [6.07, 6.45) is 25.1. The van der Waals surface area contributed by atoms with E-state index in [2.05, 4.69) is 37.3 Å². The molecule has 2 saturated carbocycles. The Balaban J connectivity index is 1.25. The van der Waals surface area contributed by atoms with Gasteiger partial charge in [0.2, 0.25) is 0 Å². The summed E-state index contributed by atoms with van der Waals surface area (Å²) in [6, 6.07) is 11.1. The largest absolute Gasteiger partial charge is 0.199 e. The van der Waals surface area contributed by atoms with Crippen LogP contribution in [-0.4, -0.2) is 0 Å². The smallest absolute Gasteiger partial charge is 0.195 e. The molecule has 0 N–H and O–H groups in total. The molecule has 0 radical (unpaired) electrons. The molecule has 3 rings (SSSR count). The van der Waals surface area contributed by atoms with Crippen LogP contribution in [0.1, 0.15) is 114 Å². The Bertz CT molecular complexity index is 768. The lowest BCUT2D eigenvalue weighted by Crippen LogP contribution is -2.14. The van der Waals surface area contributed by atoms with Crippen LogP contribution in [0.4, 0.5) is 4.39 Å². The molecule has 1 nitrogen and oxygen atoms in total. The SMILES string of the molecule is CCCCc1ccc([C@H]2CC[C@H](CCCC[C@H]3CC[C@H](C=CC=C(F)C#N)CC3)CC2)cc1. The highest BCUT2D eigenvalue weighted by atomic mass is 19.1. The van der Waals surface area contributed by atoms with Gasteiger partial charge in [-0.15, -0.1) is 0 Å². The number of rotatable bonds is 11. The van der Waals surface area contributed by atoms with E-state index < -0.39 is 5.83 Å². The molecule has 0 unspecified atom stereocenters. The average Bonchev–Trinajstić information content (AvgIpc) is 2.87. The number of unbranched alkanes of at least 4 members (excludes halogenated alkanes) is 2. The number of nitrogens with zero attached hydrogens (tertiary/aromatic N) is 1. The lowest BCUT2D eigenvalue weighted by Gasteiger charge is -2.29. The zero-order valence-corrected chi connectivity index (χ0v) is 20.8. The van der Waals surface area contributed by atoms with Gasteiger partial charge in [-0.25, -0.2) is 0 Å². The molecule has 2 fully saturated rings. The van der Waals surface area contributed by atoms with E-state index in [1.807, 2.05) is 0 Å². The lowest BCUT2D eigenvalue weighted by atomic mass is 9.76. The van der Waals surface area contributed by atoms with Crippen molar-refractivity contribution in [3.63, 3.8) is 0 Å². The molecule has 0 bridgehead atoms. The van der Waals surface area contributed by atoms with Crippen LogP contribution >= 0.6 is 0 Å². The van der Waals surface area contributed by atoms with Gasteiger partial charge in [0.05, 0.1) is 0 Å². The summed E-state index contributed by atoms with van der Waals surface area (Å²) in [7, 11) is 0. The summed E-state index contributed by atoms with van der Waals surface area (Å²) >= 11 is 0. The zero-order chi connectivity index (χ0) is 23.3. The Morgan fingerprint density at radius 2 is 1.52 bits per heavy atom. The summed E-state index contributed by atoms with van der Waals surface area (Å²) in [5.74, 6) is 2.49. The maximum absolute atomic E-state index is 12.8. The maximum atomic E-state index is 12.8. The zero-order valence-electron chi connectivity index (χ0n) is 20.8. The second kappa shape index (κ2) is 14.4. The van der Waals surface area contributed by atoms with Crippen molar-refractivity contribution < 1.29 is 4.39 Å². The fraction of sp³-hybridized carbons (Fsp3) is 0.645. The van der Waals surface area contributed by atoms with Crippen LogP contribution < -0.4 is 0 Å². The molecule has 1 aromatic carbocycles. The summed E-state index contributed by atoms with van der Waals surface area (Å²) in [5.41, 5.74) is 3.08. The number of allylic oxidation sites excluding steroid dienone is 4. The molecule has 1 aromatic rings. The van der Waals surface area contributed by atoms with Crippen molar-refractivity contribution in [2.24, 2.45) is 17.8 Å². The van der Waals surface area contributed by atoms with Gasteiger partial charge in [-0.1, -0.05) is 75.4 Å². The van der Waals surface area contributed by atoms with Crippen LogP contribution in [-0.2, 0) is 6.42 Å². The van der Waals surface area contributed by atoms with Crippen molar-refractivity contribution in [2.75, 3.05) is 0 Å². The van der Waals surface area contributed by atoms with Gasteiger partial charge >= 0.3 is 0 Å². The minimum Gasteiger partial charge on any atom is -0.195 e. The first-order chi connectivity index (χ1) is 16.2. The maximum Gasteiger partial charge on any atom is 0.199 e. The fourth-order valence-electron chi connectivity index (χ4n) is 5.99. The van der Waals surface area contributed by atoms with Crippen LogP contribution in [0, 0.1) is 29.1 Å². The third kappa shape index (κ3) is 9.11. The Kier molecular flexibility index (Phi) is 11.2. The number of nitriles is 1. The summed E-state index contributed by atoms with van der Waals surface area (Å²) in [5, 5.41) is 8.45. The average molecular weight is 450 g/mol. The highest BCUT2D eigenvalue weighted by Gasteiger charge is 2.23. The first-order valence-electron chi connectivity index (χ1n) is 13.7. The van der Waals surface area contributed by atoms with Crippen LogP contribution in [0.25, 0.3) is 0 Å². The van der Waals surface area contributed by atoms with Gasteiger partial charge in [0.25, 0.3) is 0 Å². The monoisotopic (exact) mass is 449 g/mol. The topological polar surface area (TPSA) is 23.8 Å². The van der Waals surface area contributed by atoms with Crippen molar-refractivity contribution in [3.05, 3.63) is 59.4 Å². The first kappa shape index (κ1) is 25.7. The highest BCUT2D eigenvalue weighted by molar-refractivity contribution is 5.26. The Morgan fingerprint density at radius 1 is 0.909 bits per heavy atom. The molecule has 0 aromatic heterocycles. The van der Waals surface area contributed by atoms with Gasteiger partial charge in [-0.3, -0.25) is 0 Å². The van der Waals surface area contributed by atoms with Crippen molar-refractivity contribution in [1.82, 2.24) is 0 Å². The molecule has 33 heavy (non-hydrogen) atoms. The standard InChI is InChI=1S/C31H44FN/c1-2-3-7-25-16-20-29(21-17-25)30-22-18-27(19-23-30)9-5-4-8-26-12-14-28(15-13-26)10-6-11-31(32)24-33/h6,10-11,16-17,20-21,26-28,30H,2-5,7-9,12-15,18-19,22-23H2,1H3/t26-,27-,28-,30-. The second-order valence-corrected chi connectivity index (χ2v) is 10.6. The van der Waals surface area contributed by atoms with Gasteiger partial charge in [0.15, 0.2) is 5.83 Å². The van der Waals surface area contributed by atoms with E-state index in [0.29, 0.717) is 5.92 Å². The molecule has 0 amide bonds. The van der Waals surface area contributed by atoms with E-state index in [9.17, 15) is 4.39 Å². The molecule has 0 heterocycles. The minimum absolute atomic E-state index is 0.562. The number of halogens is 1. The number of hydrogen-bond donors (Lipinski definition) is 0. The molecular formula is C31H44FN. The summed E-state index contributed by atoms with van der Waals surface area (Å²) in [6.45, 7) is 2.27. The van der Waals surface area contributed by atoms with E-state index in [0.717, 1.165) is 17.8 Å². The first-order valence-corrected chi connectivity index (χ1v) is 13.7. The molecule has 180 valence electrons. The number of aryl methyl sites for hydroxylation is 1. The van der Waals surface area contributed by atoms with E-state index in [-0.39, 0.29) is 0 Å². The van der Waals surface area contributed by atoms with Crippen molar-refractivity contribution in [1.29, 1.82) is 5.26 Å². The van der Waals surface area contributed by atoms with E-state index in [1.54, 1.807) is 11.6 Å². The fourth-order valence-corrected chi connectivity index (χ4v) is 5.99. The van der Waals surface area contributed by atoms with Gasteiger partial charge in [0, 0.05) is 0 Å². The van der Waals surface area contributed by atoms with Crippen molar-refractivity contribution >= 4 is 0 Å². The number of benzene rings is 1. The quantitative estimate of drug-likeness (QED) is 0.187. The third-order valence-electron chi connectivity index (χ3n) is 8.22. The molecule has 2 aliphatic carbocycles. The Morgan fingerprint density at radius 3 is 2.09 bits per heavy atom. The van der Waals surface area contributed by atoms with Crippen LogP contribution in [0.15, 0.2) is 48.3 Å². The Hall–Kier alpha value is -1.88. The lowest BCUT2D eigenvalue weighted by molar-refractivity contribution is 0.273. The van der Waals surface area contributed by atoms with Crippen LogP contribution in [0.5, 0.6) is 0 Å². The summed E-state index contributed by atoms with van der Waals surface area (Å²) in [4.78, 5) is 0. The predicted octanol–water partition coefficient (Wildman–Crippen LogP) is 9.60. The molecule has 2 heteroatoms. The minimum atomic E-state index is -0.704. The van der Waals surface area contributed by atoms with Crippen molar-refractivity contribution in [3.8, 4) is 6.07 Å². The molecule has 0 atom stereocenters. The van der Waals surface area contributed by atoms with Crippen LogP contribution in [0.2, 0.25) is 0 Å². The van der Waals surface area contributed by atoms with Gasteiger partial charge in [0.1, 0.15) is 6.07 Å². The predicted molar refractivity (Wildman–Crippen MR) is 138 cm³/mol. The molecule has 0 aliphatic heterocycles.